The average molecular weight is 581 g/mol. The third kappa shape index (κ3) is 7.25. The zero-order valence-corrected chi connectivity index (χ0v) is 22.7. The SMILES string of the molecule is C.CN1CCN(Cc2ccc(NC(=O)Nc3cc(-c4ccc(-c5ccc(N)nc5)cc4)n(C)n3)cc2C(F)(F)F)CC1. The summed E-state index contributed by atoms with van der Waals surface area (Å²) in [5.74, 6) is 0.706. The molecule has 0 bridgehead atoms. The van der Waals surface area contributed by atoms with E-state index in [2.05, 4.69) is 25.6 Å². The summed E-state index contributed by atoms with van der Waals surface area (Å²) in [5, 5.41) is 9.45. The van der Waals surface area contributed by atoms with Gasteiger partial charge in [-0.05, 0) is 48.0 Å². The first-order valence-corrected chi connectivity index (χ1v) is 13.1. The molecule has 2 aromatic heterocycles. The minimum atomic E-state index is -4.55. The van der Waals surface area contributed by atoms with Crippen molar-refractivity contribution in [2.45, 2.75) is 20.1 Å². The van der Waals surface area contributed by atoms with Gasteiger partial charge in [0.2, 0.25) is 0 Å². The van der Waals surface area contributed by atoms with Crippen LogP contribution in [0, 0.1) is 0 Å². The summed E-state index contributed by atoms with van der Waals surface area (Å²) >= 11 is 0. The lowest BCUT2D eigenvalue weighted by Gasteiger charge is -2.33. The molecular weight excluding hydrogens is 545 g/mol. The summed E-state index contributed by atoms with van der Waals surface area (Å²) in [6, 6.07) is 16.3. The van der Waals surface area contributed by atoms with E-state index in [0.717, 1.165) is 41.5 Å². The molecule has 1 aliphatic rings. The number of halogens is 3. The highest BCUT2D eigenvalue weighted by atomic mass is 19.4. The number of carbonyl (C=O) groups excluding carboxylic acids is 1. The fourth-order valence-corrected chi connectivity index (χ4v) is 4.79. The molecule has 1 fully saturated rings. The molecule has 5 rings (SSSR count). The number of piperazine rings is 1. The van der Waals surface area contributed by atoms with Gasteiger partial charge in [-0.15, -0.1) is 0 Å². The van der Waals surface area contributed by atoms with Gasteiger partial charge >= 0.3 is 12.2 Å². The molecule has 9 nitrogen and oxygen atoms in total. The number of aryl methyl sites for hydroxylation is 1. The van der Waals surface area contributed by atoms with Crippen molar-refractivity contribution in [2.75, 3.05) is 49.6 Å². The maximum atomic E-state index is 13.9. The maximum absolute atomic E-state index is 13.9. The van der Waals surface area contributed by atoms with Crippen LogP contribution in [-0.2, 0) is 19.8 Å². The van der Waals surface area contributed by atoms with Gasteiger partial charge in [0.05, 0.1) is 11.3 Å². The highest BCUT2D eigenvalue weighted by Gasteiger charge is 2.34. The van der Waals surface area contributed by atoms with Gasteiger partial charge in [0.15, 0.2) is 5.82 Å². The normalized spacial score (nSPS) is 14.3. The first-order chi connectivity index (χ1) is 19.5. The third-order valence-electron chi connectivity index (χ3n) is 7.08. The Morgan fingerprint density at radius 1 is 0.905 bits per heavy atom. The number of hydrogen-bond acceptors (Lipinski definition) is 6. The number of nitrogens with two attached hydrogens (primary N) is 1. The van der Waals surface area contributed by atoms with Crippen molar-refractivity contribution in [2.24, 2.45) is 7.05 Å². The Balaban J connectivity index is 0.00000405. The first kappa shape index (κ1) is 30.5. The van der Waals surface area contributed by atoms with Gasteiger partial charge in [-0.3, -0.25) is 14.9 Å². The van der Waals surface area contributed by atoms with E-state index >= 15 is 0 Å². The highest BCUT2D eigenvalue weighted by Crippen LogP contribution is 2.35. The molecule has 2 amide bonds. The monoisotopic (exact) mass is 580 g/mol. The predicted octanol–water partition coefficient (Wildman–Crippen LogP) is 5.78. The third-order valence-corrected chi connectivity index (χ3v) is 7.08. The van der Waals surface area contributed by atoms with Crippen molar-refractivity contribution in [3.8, 4) is 22.4 Å². The molecule has 4 N–H and O–H groups in total. The van der Waals surface area contributed by atoms with Crippen LogP contribution in [0.1, 0.15) is 18.6 Å². The number of nitrogens with one attached hydrogen (secondary N) is 2. The van der Waals surface area contributed by atoms with Gasteiger partial charge in [0.1, 0.15) is 5.82 Å². The number of alkyl halides is 3. The number of hydrogen-bond donors (Lipinski definition) is 3. The first-order valence-electron chi connectivity index (χ1n) is 13.1. The van der Waals surface area contributed by atoms with Crippen LogP contribution >= 0.6 is 0 Å². The number of urea groups is 1. The number of pyridine rings is 1. The zero-order chi connectivity index (χ0) is 29.1. The summed E-state index contributed by atoms with van der Waals surface area (Å²) in [7, 11) is 3.74. The van der Waals surface area contributed by atoms with Crippen LogP contribution in [0.5, 0.6) is 0 Å². The lowest BCUT2D eigenvalue weighted by atomic mass is 10.0. The lowest BCUT2D eigenvalue weighted by Crippen LogP contribution is -2.44. The summed E-state index contributed by atoms with van der Waals surface area (Å²) in [4.78, 5) is 20.9. The number of benzene rings is 2. The van der Waals surface area contributed by atoms with Crippen molar-refractivity contribution >= 4 is 23.4 Å². The Morgan fingerprint density at radius 3 is 2.21 bits per heavy atom. The topological polar surface area (TPSA) is 104 Å². The van der Waals surface area contributed by atoms with Crippen molar-refractivity contribution in [3.05, 3.63) is 78.0 Å². The van der Waals surface area contributed by atoms with E-state index in [4.69, 9.17) is 5.73 Å². The Morgan fingerprint density at radius 2 is 1.57 bits per heavy atom. The number of aromatic nitrogens is 3. The van der Waals surface area contributed by atoms with Gasteiger partial charge in [0, 0.05) is 63.3 Å². The van der Waals surface area contributed by atoms with Gasteiger partial charge in [-0.25, -0.2) is 9.78 Å². The molecule has 3 heterocycles. The molecule has 0 unspecified atom stereocenters. The van der Waals surface area contributed by atoms with Gasteiger partial charge < -0.3 is 16.0 Å². The van der Waals surface area contributed by atoms with Gasteiger partial charge in [0.25, 0.3) is 0 Å². The zero-order valence-electron chi connectivity index (χ0n) is 22.7. The molecule has 0 radical (unpaired) electrons. The number of likely N-dealkylation sites (N-methyl/N-ethyl adjacent to an activating group) is 1. The predicted molar refractivity (Wildman–Crippen MR) is 160 cm³/mol. The second-order valence-electron chi connectivity index (χ2n) is 10.1. The average Bonchev–Trinajstić information content (AvgIpc) is 3.30. The molecule has 0 spiro atoms. The van der Waals surface area contributed by atoms with E-state index in [1.165, 1.54) is 12.1 Å². The number of amides is 2. The molecule has 222 valence electrons. The largest absolute Gasteiger partial charge is 0.416 e. The lowest BCUT2D eigenvalue weighted by molar-refractivity contribution is -0.138. The molecule has 42 heavy (non-hydrogen) atoms. The second kappa shape index (κ2) is 12.6. The summed E-state index contributed by atoms with van der Waals surface area (Å²) < 4.78 is 43.3. The van der Waals surface area contributed by atoms with E-state index in [1.807, 2.05) is 42.3 Å². The molecule has 0 saturated carbocycles. The highest BCUT2D eigenvalue weighted by molar-refractivity contribution is 5.99. The van der Waals surface area contributed by atoms with E-state index in [9.17, 15) is 18.0 Å². The van der Waals surface area contributed by atoms with E-state index < -0.39 is 17.8 Å². The Kier molecular flexibility index (Phi) is 9.17. The molecule has 1 aliphatic heterocycles. The van der Waals surface area contributed by atoms with Crippen LogP contribution in [-0.4, -0.2) is 63.8 Å². The van der Waals surface area contributed by atoms with Gasteiger partial charge in [-0.2, -0.15) is 18.3 Å². The number of anilines is 3. The van der Waals surface area contributed by atoms with Crippen molar-refractivity contribution < 1.29 is 18.0 Å². The van der Waals surface area contributed by atoms with Crippen LogP contribution in [0.15, 0.2) is 66.9 Å². The van der Waals surface area contributed by atoms with Crippen LogP contribution in [0.25, 0.3) is 22.4 Å². The fraction of sp³-hybridized carbons (Fsp3) is 0.300. The quantitative estimate of drug-likeness (QED) is 0.267. The molecule has 2 aromatic carbocycles. The molecular formula is C30H35F3N8O. The number of nitrogen functional groups attached to an aromatic ring is 1. The standard InChI is InChI=1S/C29H31F3N8O.CH4/c1-38-11-13-40(14-12-38)18-22-7-9-23(15-24(22)29(30,31)32)35-28(41)36-27-16-25(39(2)37-27)20-5-3-19(4-6-20)21-8-10-26(33)34-17-21;/h3-10,15-17H,11-14,18H2,1-2H3,(H2,33,34)(H2,35,36,37,41);1H4. The Bertz CT molecular complexity index is 1510. The molecule has 12 heteroatoms. The van der Waals surface area contributed by atoms with Crippen molar-refractivity contribution in [1.82, 2.24) is 24.6 Å². The van der Waals surface area contributed by atoms with Gasteiger partial charge in [-0.1, -0.05) is 37.8 Å². The van der Waals surface area contributed by atoms with Crippen molar-refractivity contribution in [1.29, 1.82) is 0 Å². The Hall–Kier alpha value is -4.42. The summed E-state index contributed by atoms with van der Waals surface area (Å²) in [6.07, 6.45) is -2.85. The minimum absolute atomic E-state index is 0. The number of carbonyl (C=O) groups is 1. The van der Waals surface area contributed by atoms with Crippen molar-refractivity contribution in [3.63, 3.8) is 0 Å². The number of rotatable bonds is 6. The van der Waals surface area contributed by atoms with E-state index in [0.29, 0.717) is 18.9 Å². The van der Waals surface area contributed by atoms with Crippen LogP contribution in [0.3, 0.4) is 0 Å². The molecule has 4 aromatic rings. The van der Waals surface area contributed by atoms with E-state index in [1.54, 1.807) is 30.1 Å². The molecule has 0 aliphatic carbocycles. The smallest absolute Gasteiger partial charge is 0.384 e. The second-order valence-corrected chi connectivity index (χ2v) is 10.1. The fourth-order valence-electron chi connectivity index (χ4n) is 4.79. The van der Waals surface area contributed by atoms with Crippen LogP contribution < -0.4 is 16.4 Å². The van der Waals surface area contributed by atoms with E-state index in [-0.39, 0.29) is 31.0 Å². The maximum Gasteiger partial charge on any atom is 0.416 e. The van der Waals surface area contributed by atoms with Crippen LogP contribution in [0.4, 0.5) is 35.3 Å². The minimum Gasteiger partial charge on any atom is -0.384 e. The molecule has 1 saturated heterocycles. The summed E-state index contributed by atoms with van der Waals surface area (Å²) in [5.41, 5.74) is 8.64. The number of nitrogens with zero attached hydrogens (tertiary/aromatic N) is 5. The van der Waals surface area contributed by atoms with Crippen LogP contribution in [0.2, 0.25) is 0 Å². The molecule has 0 atom stereocenters. The Labute approximate surface area is 243 Å². The summed E-state index contributed by atoms with van der Waals surface area (Å²) in [6.45, 7) is 3.22.